The first-order chi connectivity index (χ1) is 8.69. The quantitative estimate of drug-likeness (QED) is 0.861. The summed E-state index contributed by atoms with van der Waals surface area (Å²) < 4.78 is 15.5. The second-order valence-corrected chi connectivity index (χ2v) is 3.57. The van der Waals surface area contributed by atoms with Gasteiger partial charge in [0.05, 0.1) is 12.7 Å². The van der Waals surface area contributed by atoms with E-state index in [2.05, 4.69) is 0 Å². The Morgan fingerprint density at radius 2 is 1.89 bits per heavy atom. The normalized spacial score (nSPS) is 9.53. The highest BCUT2D eigenvalue weighted by Crippen LogP contribution is 2.18. The molecule has 2 rings (SSSR count). The number of methoxy groups -OCH3 is 1. The predicted octanol–water partition coefficient (Wildman–Crippen LogP) is 2.73. The second-order valence-electron chi connectivity index (χ2n) is 3.57. The Balaban J connectivity index is 0.00000180. The first-order valence-corrected chi connectivity index (χ1v) is 5.26. The van der Waals surface area contributed by atoms with Crippen LogP contribution in [0.15, 0.2) is 41.0 Å². The number of carboxylic acid groups (broad SMARTS) is 1. The van der Waals surface area contributed by atoms with E-state index in [9.17, 15) is 4.79 Å². The molecule has 0 radical (unpaired) electrons. The molecule has 0 aliphatic carbocycles. The lowest BCUT2D eigenvalue weighted by Crippen LogP contribution is -1.95. The van der Waals surface area contributed by atoms with Crippen molar-refractivity contribution in [3.63, 3.8) is 0 Å². The summed E-state index contributed by atoms with van der Waals surface area (Å²) in [5.74, 6) is 0.843. The third kappa shape index (κ3) is 3.75. The van der Waals surface area contributed by atoms with Crippen molar-refractivity contribution >= 4 is 5.97 Å². The van der Waals surface area contributed by atoms with Crippen LogP contribution in [-0.2, 0) is 6.61 Å². The molecule has 0 fully saturated rings. The van der Waals surface area contributed by atoms with E-state index in [0.717, 1.165) is 5.75 Å². The zero-order valence-electron chi connectivity index (χ0n) is 10.5. The van der Waals surface area contributed by atoms with Gasteiger partial charge >= 0.3 is 5.97 Å². The summed E-state index contributed by atoms with van der Waals surface area (Å²) in [7, 11) is 1.59. The number of furan rings is 1. The summed E-state index contributed by atoms with van der Waals surface area (Å²) in [6.45, 7) is 0.180. The summed E-state index contributed by atoms with van der Waals surface area (Å²) in [5, 5.41) is 8.73. The Hall–Kier alpha value is -2.47. The first-order valence-electron chi connectivity index (χ1n) is 5.26. The van der Waals surface area contributed by atoms with Crippen LogP contribution in [0, 0.1) is 0 Å². The molecule has 0 aliphatic heterocycles. The van der Waals surface area contributed by atoms with Gasteiger partial charge in [0, 0.05) is 0 Å². The standard InChI is InChI=1S/C13H12O5.H3N/c1-16-10-2-4-11(5-3-10)18-8-12-6-9(7-17-12)13(14)15;/h2-7H,8H2,1H3,(H,14,15);1H3. The Morgan fingerprint density at radius 1 is 1.26 bits per heavy atom. The molecule has 0 bridgehead atoms. The average Bonchev–Trinajstić information content (AvgIpc) is 2.86. The molecule has 2 aromatic rings. The van der Waals surface area contributed by atoms with E-state index in [-0.39, 0.29) is 18.3 Å². The number of ether oxygens (including phenoxy) is 2. The van der Waals surface area contributed by atoms with Gasteiger partial charge in [0.15, 0.2) is 0 Å². The van der Waals surface area contributed by atoms with Gasteiger partial charge < -0.3 is 25.1 Å². The molecule has 0 unspecified atom stereocenters. The molecule has 1 heterocycles. The molecule has 0 atom stereocenters. The maximum absolute atomic E-state index is 10.6. The molecule has 0 saturated carbocycles. The van der Waals surface area contributed by atoms with Crippen molar-refractivity contribution in [3.8, 4) is 11.5 Å². The summed E-state index contributed by atoms with van der Waals surface area (Å²) in [4.78, 5) is 10.6. The van der Waals surface area contributed by atoms with Gasteiger partial charge in [0.2, 0.25) is 0 Å². The molecule has 0 amide bonds. The molecule has 0 spiro atoms. The Kier molecular flexibility index (Phi) is 4.96. The smallest absolute Gasteiger partial charge is 0.338 e. The third-order valence-corrected chi connectivity index (χ3v) is 2.34. The number of carbonyl (C=O) groups is 1. The van der Waals surface area contributed by atoms with Crippen molar-refractivity contribution in [2.24, 2.45) is 0 Å². The molecule has 0 aliphatic rings. The van der Waals surface area contributed by atoms with Gasteiger partial charge in [-0.15, -0.1) is 0 Å². The Labute approximate surface area is 110 Å². The lowest BCUT2D eigenvalue weighted by molar-refractivity contribution is 0.0696. The minimum Gasteiger partial charge on any atom is -0.497 e. The van der Waals surface area contributed by atoms with Crippen LogP contribution < -0.4 is 15.6 Å². The topological polar surface area (TPSA) is 104 Å². The number of carboxylic acids is 1. The van der Waals surface area contributed by atoms with Gasteiger partial charge in [0.1, 0.15) is 30.1 Å². The molecule has 6 heteroatoms. The van der Waals surface area contributed by atoms with Gasteiger partial charge in [-0.1, -0.05) is 0 Å². The summed E-state index contributed by atoms with van der Waals surface area (Å²) in [5.41, 5.74) is 0.114. The van der Waals surface area contributed by atoms with Gasteiger partial charge in [-0.3, -0.25) is 0 Å². The summed E-state index contributed by atoms with van der Waals surface area (Å²) in [6, 6.07) is 8.52. The molecule has 102 valence electrons. The minimum atomic E-state index is -1.02. The fourth-order valence-corrected chi connectivity index (χ4v) is 1.39. The Bertz CT molecular complexity index is 532. The molecule has 1 aromatic heterocycles. The van der Waals surface area contributed by atoms with Crippen molar-refractivity contribution < 1.29 is 23.8 Å². The Morgan fingerprint density at radius 3 is 2.42 bits per heavy atom. The SMILES string of the molecule is COc1ccc(OCc2cc(C(=O)O)co2)cc1.N. The van der Waals surface area contributed by atoms with E-state index in [0.29, 0.717) is 11.5 Å². The van der Waals surface area contributed by atoms with E-state index < -0.39 is 5.97 Å². The van der Waals surface area contributed by atoms with Crippen LogP contribution in [0.1, 0.15) is 16.1 Å². The van der Waals surface area contributed by atoms with Crippen LogP contribution in [0.3, 0.4) is 0 Å². The van der Waals surface area contributed by atoms with Crippen LogP contribution in [0.2, 0.25) is 0 Å². The fraction of sp³-hybridized carbons (Fsp3) is 0.154. The molecule has 4 N–H and O–H groups in total. The van der Waals surface area contributed by atoms with Gasteiger partial charge in [-0.2, -0.15) is 0 Å². The molecule has 1 aromatic carbocycles. The second kappa shape index (κ2) is 6.46. The zero-order chi connectivity index (χ0) is 13.0. The van der Waals surface area contributed by atoms with Gasteiger partial charge in [-0.05, 0) is 30.3 Å². The van der Waals surface area contributed by atoms with E-state index in [1.807, 2.05) is 0 Å². The van der Waals surface area contributed by atoms with Gasteiger partial charge in [-0.25, -0.2) is 4.79 Å². The maximum Gasteiger partial charge on any atom is 0.338 e. The highest BCUT2D eigenvalue weighted by atomic mass is 16.5. The number of hydrogen-bond acceptors (Lipinski definition) is 5. The summed E-state index contributed by atoms with van der Waals surface area (Å²) >= 11 is 0. The number of aromatic carboxylic acids is 1. The van der Waals surface area contributed by atoms with Crippen molar-refractivity contribution in [2.45, 2.75) is 6.61 Å². The van der Waals surface area contributed by atoms with E-state index in [1.165, 1.54) is 12.3 Å². The van der Waals surface area contributed by atoms with Gasteiger partial charge in [0.25, 0.3) is 0 Å². The van der Waals surface area contributed by atoms with Crippen molar-refractivity contribution in [1.29, 1.82) is 0 Å². The maximum atomic E-state index is 10.6. The van der Waals surface area contributed by atoms with Crippen molar-refractivity contribution in [1.82, 2.24) is 6.15 Å². The molecular weight excluding hydrogens is 250 g/mol. The lowest BCUT2D eigenvalue weighted by atomic mass is 10.3. The van der Waals surface area contributed by atoms with Crippen LogP contribution >= 0.6 is 0 Å². The van der Waals surface area contributed by atoms with E-state index in [4.69, 9.17) is 19.0 Å². The van der Waals surface area contributed by atoms with Crippen LogP contribution in [0.5, 0.6) is 11.5 Å². The molecule has 19 heavy (non-hydrogen) atoms. The minimum absolute atomic E-state index is 0. The highest BCUT2D eigenvalue weighted by molar-refractivity contribution is 5.87. The molecular formula is C13H15NO5. The van der Waals surface area contributed by atoms with Crippen LogP contribution in [0.4, 0.5) is 0 Å². The van der Waals surface area contributed by atoms with E-state index >= 15 is 0 Å². The lowest BCUT2D eigenvalue weighted by Gasteiger charge is -2.04. The van der Waals surface area contributed by atoms with Crippen LogP contribution in [-0.4, -0.2) is 18.2 Å². The number of benzene rings is 1. The molecule has 6 nitrogen and oxygen atoms in total. The average molecular weight is 265 g/mol. The predicted molar refractivity (Wildman–Crippen MR) is 68.0 cm³/mol. The van der Waals surface area contributed by atoms with Crippen LogP contribution in [0.25, 0.3) is 0 Å². The van der Waals surface area contributed by atoms with E-state index in [1.54, 1.807) is 31.4 Å². The zero-order valence-corrected chi connectivity index (χ0v) is 10.5. The largest absolute Gasteiger partial charge is 0.497 e. The first kappa shape index (κ1) is 14.6. The third-order valence-electron chi connectivity index (χ3n) is 2.34. The summed E-state index contributed by atoms with van der Waals surface area (Å²) in [6.07, 6.45) is 1.19. The number of rotatable bonds is 5. The van der Waals surface area contributed by atoms with Crippen molar-refractivity contribution in [2.75, 3.05) is 7.11 Å². The highest BCUT2D eigenvalue weighted by Gasteiger charge is 2.08. The fourth-order valence-electron chi connectivity index (χ4n) is 1.39. The molecule has 0 saturated heterocycles. The monoisotopic (exact) mass is 265 g/mol. The van der Waals surface area contributed by atoms with Crippen molar-refractivity contribution in [3.05, 3.63) is 47.9 Å². The number of hydrogen-bond donors (Lipinski definition) is 2.